The zero-order valence-electron chi connectivity index (χ0n) is 8.14. The standard InChI is InChI=1S/C10H10BrNO3/c1-2-9(10(11)13)7-4-3-5-8(6-7)12(14)15/h3-6,9H,2H2,1H3. The second-order valence-electron chi connectivity index (χ2n) is 3.12. The molecular weight excluding hydrogens is 262 g/mol. The molecule has 0 aliphatic heterocycles. The summed E-state index contributed by atoms with van der Waals surface area (Å²) in [5.74, 6) is -0.315. The molecule has 0 aliphatic rings. The van der Waals surface area contributed by atoms with Crippen molar-refractivity contribution in [1.82, 2.24) is 0 Å². The van der Waals surface area contributed by atoms with E-state index >= 15 is 0 Å². The number of halogens is 1. The maximum absolute atomic E-state index is 11.2. The molecule has 0 N–H and O–H groups in total. The minimum atomic E-state index is -0.463. The van der Waals surface area contributed by atoms with Crippen molar-refractivity contribution in [2.24, 2.45) is 0 Å². The summed E-state index contributed by atoms with van der Waals surface area (Å²) < 4.78 is -0.148. The molecule has 0 saturated carbocycles. The molecule has 0 spiro atoms. The maximum atomic E-state index is 11.2. The van der Waals surface area contributed by atoms with Gasteiger partial charge in [-0.25, -0.2) is 0 Å². The van der Waals surface area contributed by atoms with Crippen LogP contribution >= 0.6 is 15.9 Å². The molecule has 1 rings (SSSR count). The Kier molecular flexibility index (Phi) is 3.96. The summed E-state index contributed by atoms with van der Waals surface area (Å²) in [7, 11) is 0. The number of non-ortho nitro benzene ring substituents is 1. The predicted molar refractivity (Wildman–Crippen MR) is 60.1 cm³/mol. The Hall–Kier alpha value is -1.23. The predicted octanol–water partition coefficient (Wildman–Crippen LogP) is 3.01. The Morgan fingerprint density at radius 3 is 2.73 bits per heavy atom. The van der Waals surface area contributed by atoms with Crippen LogP contribution in [0.3, 0.4) is 0 Å². The molecule has 15 heavy (non-hydrogen) atoms. The Morgan fingerprint density at radius 1 is 1.60 bits per heavy atom. The normalized spacial score (nSPS) is 12.1. The molecule has 1 aromatic rings. The highest BCUT2D eigenvalue weighted by atomic mass is 79.9. The first-order valence-corrected chi connectivity index (χ1v) is 5.29. The van der Waals surface area contributed by atoms with Gasteiger partial charge in [-0.05, 0) is 27.9 Å². The topological polar surface area (TPSA) is 60.2 Å². The second kappa shape index (κ2) is 5.02. The number of rotatable bonds is 4. The fourth-order valence-electron chi connectivity index (χ4n) is 1.38. The van der Waals surface area contributed by atoms with E-state index in [0.29, 0.717) is 12.0 Å². The smallest absolute Gasteiger partial charge is 0.269 e. The van der Waals surface area contributed by atoms with Crippen molar-refractivity contribution in [3.63, 3.8) is 0 Å². The molecule has 1 unspecified atom stereocenters. The van der Waals surface area contributed by atoms with Crippen molar-refractivity contribution in [1.29, 1.82) is 0 Å². The number of nitrogens with zero attached hydrogens (tertiary/aromatic N) is 1. The molecular formula is C10H10BrNO3. The highest BCUT2D eigenvalue weighted by molar-refractivity contribution is 9.18. The van der Waals surface area contributed by atoms with Gasteiger partial charge in [0.25, 0.3) is 5.69 Å². The van der Waals surface area contributed by atoms with Crippen molar-refractivity contribution in [3.05, 3.63) is 39.9 Å². The number of hydrogen-bond acceptors (Lipinski definition) is 3. The summed E-state index contributed by atoms with van der Waals surface area (Å²) in [6, 6.07) is 6.16. The number of nitro benzene ring substituents is 1. The quantitative estimate of drug-likeness (QED) is 0.481. The molecule has 0 radical (unpaired) electrons. The summed E-state index contributed by atoms with van der Waals surface area (Å²) in [5, 5.41) is 10.5. The Morgan fingerprint density at radius 2 is 2.27 bits per heavy atom. The monoisotopic (exact) mass is 271 g/mol. The van der Waals surface area contributed by atoms with Crippen molar-refractivity contribution < 1.29 is 9.72 Å². The average molecular weight is 272 g/mol. The van der Waals surface area contributed by atoms with Crippen molar-refractivity contribution >= 4 is 26.3 Å². The van der Waals surface area contributed by atoms with Crippen molar-refractivity contribution in [2.75, 3.05) is 0 Å². The summed E-state index contributed by atoms with van der Waals surface area (Å²) in [6.07, 6.45) is 0.616. The lowest BCUT2D eigenvalue weighted by atomic mass is 9.98. The van der Waals surface area contributed by atoms with Gasteiger partial charge in [0, 0.05) is 12.1 Å². The summed E-state index contributed by atoms with van der Waals surface area (Å²) in [5.41, 5.74) is 0.688. The minimum absolute atomic E-state index is 0.0136. The second-order valence-corrected chi connectivity index (χ2v) is 3.90. The lowest BCUT2D eigenvalue weighted by Crippen LogP contribution is -2.05. The molecule has 4 nitrogen and oxygen atoms in total. The van der Waals surface area contributed by atoms with Gasteiger partial charge >= 0.3 is 0 Å². The van der Waals surface area contributed by atoms with Gasteiger partial charge < -0.3 is 0 Å². The fraction of sp³-hybridized carbons (Fsp3) is 0.300. The van der Waals surface area contributed by atoms with E-state index in [-0.39, 0.29) is 16.3 Å². The molecule has 0 amide bonds. The highest BCUT2D eigenvalue weighted by Crippen LogP contribution is 2.25. The van der Waals surface area contributed by atoms with Crippen molar-refractivity contribution in [3.8, 4) is 0 Å². The van der Waals surface area contributed by atoms with E-state index in [1.165, 1.54) is 12.1 Å². The van der Waals surface area contributed by atoms with Crippen LogP contribution in [0.4, 0.5) is 5.69 Å². The van der Waals surface area contributed by atoms with Crippen LogP contribution in [-0.2, 0) is 4.79 Å². The van der Waals surface area contributed by atoms with Gasteiger partial charge in [0.15, 0.2) is 0 Å². The number of nitro groups is 1. The van der Waals surface area contributed by atoms with E-state index in [0.717, 1.165) is 0 Å². The Labute approximate surface area is 95.6 Å². The molecule has 0 aromatic heterocycles. The number of carbonyl (C=O) groups excluding carboxylic acids is 1. The molecule has 0 fully saturated rings. The van der Waals surface area contributed by atoms with Crippen LogP contribution < -0.4 is 0 Å². The third-order valence-corrected chi connectivity index (χ3v) is 2.72. The van der Waals surface area contributed by atoms with Crippen LogP contribution in [0.25, 0.3) is 0 Å². The van der Waals surface area contributed by atoms with Crippen molar-refractivity contribution in [2.45, 2.75) is 19.3 Å². The Bertz CT molecular complexity index is 392. The highest BCUT2D eigenvalue weighted by Gasteiger charge is 2.18. The molecule has 0 aliphatic carbocycles. The first kappa shape index (κ1) is 11.8. The van der Waals surface area contributed by atoms with Gasteiger partial charge in [0.2, 0.25) is 4.69 Å². The zero-order chi connectivity index (χ0) is 11.4. The molecule has 80 valence electrons. The van der Waals surface area contributed by atoms with E-state index in [9.17, 15) is 14.9 Å². The van der Waals surface area contributed by atoms with Gasteiger partial charge in [-0.2, -0.15) is 0 Å². The number of benzene rings is 1. The summed E-state index contributed by atoms with van der Waals surface area (Å²) in [6.45, 7) is 1.86. The van der Waals surface area contributed by atoms with Crippen LogP contribution in [0.15, 0.2) is 24.3 Å². The molecule has 0 bridgehead atoms. The molecule has 0 heterocycles. The number of hydrogen-bond donors (Lipinski definition) is 0. The first-order chi connectivity index (χ1) is 7.06. The van der Waals surface area contributed by atoms with E-state index < -0.39 is 4.92 Å². The van der Waals surface area contributed by atoms with Gasteiger partial charge in [-0.1, -0.05) is 19.1 Å². The van der Waals surface area contributed by atoms with Gasteiger partial charge in [0.05, 0.1) is 10.8 Å². The third-order valence-electron chi connectivity index (χ3n) is 2.17. The van der Waals surface area contributed by atoms with E-state index in [4.69, 9.17) is 0 Å². The molecule has 0 saturated heterocycles. The molecule has 5 heteroatoms. The van der Waals surface area contributed by atoms with E-state index in [2.05, 4.69) is 15.9 Å². The zero-order valence-corrected chi connectivity index (χ0v) is 9.73. The van der Waals surface area contributed by atoms with Gasteiger partial charge in [-0.3, -0.25) is 14.9 Å². The largest absolute Gasteiger partial charge is 0.286 e. The van der Waals surface area contributed by atoms with Gasteiger partial charge in [0.1, 0.15) is 0 Å². The minimum Gasteiger partial charge on any atom is -0.286 e. The Balaban J connectivity index is 3.08. The third kappa shape index (κ3) is 2.86. The SMILES string of the molecule is CCC(C(=O)Br)c1cccc([N+](=O)[O-])c1. The summed E-state index contributed by atoms with van der Waals surface area (Å²) in [4.78, 5) is 21.3. The lowest BCUT2D eigenvalue weighted by molar-refractivity contribution is -0.384. The first-order valence-electron chi connectivity index (χ1n) is 4.50. The molecule has 1 aromatic carbocycles. The fourth-order valence-corrected chi connectivity index (χ4v) is 1.97. The van der Waals surface area contributed by atoms with Crippen LogP contribution in [0.5, 0.6) is 0 Å². The average Bonchev–Trinajstić information content (AvgIpc) is 2.18. The van der Waals surface area contributed by atoms with Crippen LogP contribution in [0.2, 0.25) is 0 Å². The van der Waals surface area contributed by atoms with Crippen LogP contribution in [-0.4, -0.2) is 9.62 Å². The lowest BCUT2D eigenvalue weighted by Gasteiger charge is -2.09. The maximum Gasteiger partial charge on any atom is 0.269 e. The van der Waals surface area contributed by atoms with Crippen LogP contribution in [0, 0.1) is 10.1 Å². The molecule has 1 atom stereocenters. The van der Waals surface area contributed by atoms with Crippen LogP contribution in [0.1, 0.15) is 24.8 Å². The van der Waals surface area contributed by atoms with E-state index in [1.807, 2.05) is 6.92 Å². The summed E-state index contributed by atoms with van der Waals surface area (Å²) >= 11 is 2.89. The van der Waals surface area contributed by atoms with E-state index in [1.54, 1.807) is 12.1 Å². The van der Waals surface area contributed by atoms with Gasteiger partial charge in [-0.15, -0.1) is 0 Å². The number of carbonyl (C=O) groups is 1.